The van der Waals surface area contributed by atoms with Crippen LogP contribution in [0.5, 0.6) is 0 Å². The number of aromatic nitrogens is 2. The number of nitrogens with zero attached hydrogens (tertiary/aromatic N) is 2. The van der Waals surface area contributed by atoms with E-state index in [0.717, 1.165) is 5.56 Å². The highest BCUT2D eigenvalue weighted by atomic mass is 19.1. The molecule has 0 fully saturated rings. The van der Waals surface area contributed by atoms with Crippen LogP contribution in [0.2, 0.25) is 0 Å². The Labute approximate surface area is 92.8 Å². The van der Waals surface area contributed by atoms with Crippen LogP contribution in [0.15, 0.2) is 24.5 Å². The van der Waals surface area contributed by atoms with Gasteiger partial charge in [0, 0.05) is 10.8 Å². The molecule has 0 bridgehead atoms. The van der Waals surface area contributed by atoms with Crippen molar-refractivity contribution in [3.05, 3.63) is 46.5 Å². The Hall–Kier alpha value is -2.03. The van der Waals surface area contributed by atoms with Crippen LogP contribution < -0.4 is 10.6 Å². The second-order valence-corrected chi connectivity index (χ2v) is 3.63. The molecular weight excluding hydrogens is 203 g/mol. The van der Waals surface area contributed by atoms with Gasteiger partial charge in [-0.1, -0.05) is 24.8 Å². The lowest BCUT2D eigenvalue weighted by Gasteiger charge is -2.04. The van der Waals surface area contributed by atoms with Gasteiger partial charge in [0.15, 0.2) is 0 Å². The second-order valence-electron chi connectivity index (χ2n) is 3.63. The minimum atomic E-state index is -0.311. The van der Waals surface area contributed by atoms with Crippen molar-refractivity contribution < 1.29 is 4.39 Å². The molecule has 2 rings (SSSR count). The van der Waals surface area contributed by atoms with Crippen LogP contribution in [0.1, 0.15) is 5.56 Å². The van der Waals surface area contributed by atoms with E-state index in [9.17, 15) is 4.39 Å². The first kappa shape index (κ1) is 10.5. The molecule has 1 heterocycles. The number of hydrogen-bond donors (Lipinski definition) is 0. The number of benzene rings is 1. The molecule has 1 aromatic carbocycles. The highest BCUT2D eigenvalue weighted by Crippen LogP contribution is 2.18. The summed E-state index contributed by atoms with van der Waals surface area (Å²) in [5.74, 6) is -0.311. The lowest BCUT2D eigenvalue weighted by Crippen LogP contribution is -2.28. The van der Waals surface area contributed by atoms with E-state index in [1.165, 1.54) is 12.4 Å². The predicted molar refractivity (Wildman–Crippen MR) is 62.5 cm³/mol. The van der Waals surface area contributed by atoms with Gasteiger partial charge in [-0.15, -0.1) is 0 Å². The van der Waals surface area contributed by atoms with Gasteiger partial charge in [-0.25, -0.2) is 14.4 Å². The van der Waals surface area contributed by atoms with Crippen molar-refractivity contribution in [2.45, 2.75) is 6.92 Å². The molecule has 0 aliphatic rings. The molecule has 0 saturated heterocycles. The van der Waals surface area contributed by atoms with Crippen LogP contribution in [-0.2, 0) is 0 Å². The fourth-order valence-corrected chi connectivity index (χ4v) is 1.50. The van der Waals surface area contributed by atoms with E-state index >= 15 is 0 Å². The third-order valence-corrected chi connectivity index (χ3v) is 2.41. The number of halogens is 1. The molecule has 0 radical (unpaired) electrons. The Morgan fingerprint density at radius 2 is 1.94 bits per heavy atom. The summed E-state index contributed by atoms with van der Waals surface area (Å²) >= 11 is 0. The maximum atomic E-state index is 13.7. The SMILES string of the molecule is C=c1ncnc(-c2cc(C)ccc2F)c1=C. The van der Waals surface area contributed by atoms with Gasteiger partial charge in [0.05, 0.1) is 11.0 Å². The van der Waals surface area contributed by atoms with Crippen molar-refractivity contribution in [3.8, 4) is 11.3 Å². The van der Waals surface area contributed by atoms with Crippen LogP contribution in [-0.4, -0.2) is 9.97 Å². The average Bonchev–Trinajstić information content (AvgIpc) is 2.26. The standard InChI is InChI=1S/C13H11FN2/c1-8-4-5-12(14)11(6-8)13-9(2)10(3)15-7-16-13/h4-7H,2-3H2,1H3. The van der Waals surface area contributed by atoms with Crippen LogP contribution in [0.4, 0.5) is 4.39 Å². The van der Waals surface area contributed by atoms with Crippen molar-refractivity contribution in [3.63, 3.8) is 0 Å². The molecular formula is C13H11FN2. The summed E-state index contributed by atoms with van der Waals surface area (Å²) < 4.78 is 13.7. The van der Waals surface area contributed by atoms with Gasteiger partial charge >= 0.3 is 0 Å². The zero-order chi connectivity index (χ0) is 11.7. The van der Waals surface area contributed by atoms with Gasteiger partial charge in [-0.2, -0.15) is 0 Å². The molecule has 0 N–H and O–H groups in total. The number of rotatable bonds is 1. The molecule has 0 aliphatic heterocycles. The van der Waals surface area contributed by atoms with Crippen molar-refractivity contribution in [2.24, 2.45) is 0 Å². The van der Waals surface area contributed by atoms with E-state index < -0.39 is 0 Å². The largest absolute Gasteiger partial charge is 0.237 e. The Morgan fingerprint density at radius 3 is 2.69 bits per heavy atom. The molecule has 0 unspecified atom stereocenters. The smallest absolute Gasteiger partial charge is 0.132 e. The van der Waals surface area contributed by atoms with Crippen molar-refractivity contribution in [1.29, 1.82) is 0 Å². The van der Waals surface area contributed by atoms with Gasteiger partial charge < -0.3 is 0 Å². The molecule has 0 atom stereocenters. The maximum absolute atomic E-state index is 13.7. The van der Waals surface area contributed by atoms with E-state index in [1.807, 2.05) is 6.92 Å². The van der Waals surface area contributed by atoms with Crippen LogP contribution in [0, 0.1) is 12.7 Å². The van der Waals surface area contributed by atoms with Gasteiger partial charge in [0.25, 0.3) is 0 Å². The monoisotopic (exact) mass is 214 g/mol. The summed E-state index contributed by atoms with van der Waals surface area (Å²) in [6.07, 6.45) is 1.37. The Kier molecular flexibility index (Phi) is 2.52. The van der Waals surface area contributed by atoms with Crippen molar-refractivity contribution in [2.75, 3.05) is 0 Å². The zero-order valence-electron chi connectivity index (χ0n) is 9.00. The second kappa shape index (κ2) is 3.85. The van der Waals surface area contributed by atoms with Gasteiger partial charge in [-0.05, 0) is 19.1 Å². The minimum Gasteiger partial charge on any atom is -0.237 e. The van der Waals surface area contributed by atoms with Gasteiger partial charge in [0.1, 0.15) is 12.1 Å². The number of aryl methyl sites for hydroxylation is 1. The molecule has 16 heavy (non-hydrogen) atoms. The molecule has 0 aliphatic carbocycles. The normalized spacial score (nSPS) is 10.4. The Morgan fingerprint density at radius 1 is 1.19 bits per heavy atom. The van der Waals surface area contributed by atoms with E-state index in [0.29, 0.717) is 21.8 Å². The molecule has 0 spiro atoms. The highest BCUT2D eigenvalue weighted by Gasteiger charge is 2.07. The summed E-state index contributed by atoms with van der Waals surface area (Å²) in [4.78, 5) is 7.97. The topological polar surface area (TPSA) is 25.8 Å². The average molecular weight is 214 g/mol. The van der Waals surface area contributed by atoms with E-state index in [1.54, 1.807) is 12.1 Å². The molecule has 1 aromatic heterocycles. The maximum Gasteiger partial charge on any atom is 0.132 e. The molecule has 2 aromatic rings. The highest BCUT2D eigenvalue weighted by molar-refractivity contribution is 5.61. The summed E-state index contributed by atoms with van der Waals surface area (Å²) in [5.41, 5.74) is 1.92. The predicted octanol–water partition coefficient (Wildman–Crippen LogP) is 1.41. The first-order valence-electron chi connectivity index (χ1n) is 4.85. The Bertz CT molecular complexity index is 635. The third kappa shape index (κ3) is 1.72. The lowest BCUT2D eigenvalue weighted by atomic mass is 10.1. The van der Waals surface area contributed by atoms with Crippen LogP contribution in [0.25, 0.3) is 24.4 Å². The van der Waals surface area contributed by atoms with Crippen LogP contribution in [0.3, 0.4) is 0 Å². The summed E-state index contributed by atoms with van der Waals surface area (Å²) in [7, 11) is 0. The number of hydrogen-bond acceptors (Lipinski definition) is 2. The first-order chi connectivity index (χ1) is 7.59. The first-order valence-corrected chi connectivity index (χ1v) is 4.85. The quantitative estimate of drug-likeness (QED) is 0.717. The lowest BCUT2D eigenvalue weighted by molar-refractivity contribution is 0.630. The molecule has 2 nitrogen and oxygen atoms in total. The molecule has 3 heteroatoms. The fourth-order valence-electron chi connectivity index (χ4n) is 1.50. The Balaban J connectivity index is 2.77. The van der Waals surface area contributed by atoms with E-state index in [2.05, 4.69) is 23.1 Å². The molecule has 80 valence electrons. The third-order valence-electron chi connectivity index (χ3n) is 2.41. The van der Waals surface area contributed by atoms with E-state index in [-0.39, 0.29) is 5.82 Å². The van der Waals surface area contributed by atoms with Crippen LogP contribution >= 0.6 is 0 Å². The van der Waals surface area contributed by atoms with Gasteiger partial charge in [-0.3, -0.25) is 0 Å². The van der Waals surface area contributed by atoms with Gasteiger partial charge in [0.2, 0.25) is 0 Å². The minimum absolute atomic E-state index is 0.311. The molecule has 0 saturated carbocycles. The van der Waals surface area contributed by atoms with E-state index in [4.69, 9.17) is 0 Å². The summed E-state index contributed by atoms with van der Waals surface area (Å²) in [5, 5.41) is 1.08. The van der Waals surface area contributed by atoms with Crippen molar-refractivity contribution >= 4 is 13.2 Å². The fraction of sp³-hybridized carbons (Fsp3) is 0.0769. The summed E-state index contributed by atoms with van der Waals surface area (Å²) in [6.45, 7) is 9.44. The van der Waals surface area contributed by atoms with Crippen molar-refractivity contribution in [1.82, 2.24) is 9.97 Å². The molecule has 0 amide bonds. The zero-order valence-corrected chi connectivity index (χ0v) is 9.00. The summed E-state index contributed by atoms with van der Waals surface area (Å²) in [6, 6.07) is 4.88.